The Kier molecular flexibility index (Phi) is 8.83. The van der Waals surface area contributed by atoms with Gasteiger partial charge in [0.2, 0.25) is 5.95 Å². The van der Waals surface area contributed by atoms with Gasteiger partial charge < -0.3 is 21.1 Å². The highest BCUT2D eigenvalue weighted by Crippen LogP contribution is 2.42. The van der Waals surface area contributed by atoms with Crippen LogP contribution in [0.3, 0.4) is 0 Å². The molecule has 1 saturated heterocycles. The van der Waals surface area contributed by atoms with Crippen molar-refractivity contribution in [3.8, 4) is 11.8 Å². The van der Waals surface area contributed by atoms with Crippen LogP contribution in [0.2, 0.25) is 0 Å². The summed E-state index contributed by atoms with van der Waals surface area (Å²) in [6, 6.07) is 5.74. The molecule has 41 heavy (non-hydrogen) atoms. The van der Waals surface area contributed by atoms with Gasteiger partial charge in [0.1, 0.15) is 11.4 Å². The Morgan fingerprint density at radius 2 is 1.71 bits per heavy atom. The number of anilines is 3. The van der Waals surface area contributed by atoms with Gasteiger partial charge in [0.05, 0.1) is 11.2 Å². The van der Waals surface area contributed by atoms with Crippen LogP contribution in [0.15, 0.2) is 18.2 Å². The zero-order valence-corrected chi connectivity index (χ0v) is 25.5. The zero-order valence-electron chi connectivity index (χ0n) is 23.9. The van der Waals surface area contributed by atoms with Gasteiger partial charge in [0, 0.05) is 35.5 Å². The summed E-state index contributed by atoms with van der Waals surface area (Å²) < 4.78 is 15.2. The molecule has 5 N–H and O–H groups in total. The molecule has 3 heterocycles. The summed E-state index contributed by atoms with van der Waals surface area (Å²) in [6.45, 7) is 8.05. The Bertz CT molecular complexity index is 1450. The number of H-pyrrole nitrogens is 1. The van der Waals surface area contributed by atoms with E-state index in [1.807, 2.05) is 18.2 Å². The summed E-state index contributed by atoms with van der Waals surface area (Å²) in [7, 11) is 0. The molecule has 11 heteroatoms. The second-order valence-corrected chi connectivity index (χ2v) is 12.9. The van der Waals surface area contributed by atoms with Gasteiger partial charge in [-0.1, -0.05) is 25.7 Å². The molecule has 2 aromatic heterocycles. The molecule has 0 unspecified atom stereocenters. The summed E-state index contributed by atoms with van der Waals surface area (Å²) >= 11 is 0. The van der Waals surface area contributed by atoms with E-state index in [2.05, 4.69) is 53.0 Å². The molecule has 0 spiro atoms. The fourth-order valence-electron chi connectivity index (χ4n) is 5.48. The first-order valence-corrected chi connectivity index (χ1v) is 14.1. The molecule has 1 aliphatic heterocycles. The van der Waals surface area contributed by atoms with Crippen molar-refractivity contribution in [2.45, 2.75) is 89.2 Å². The molecular weight excluding hydrogens is 564 g/mol. The second-order valence-electron chi connectivity index (χ2n) is 12.9. The van der Waals surface area contributed by atoms with Gasteiger partial charge in [-0.25, -0.2) is 9.37 Å². The highest BCUT2D eigenvalue weighted by Gasteiger charge is 2.35. The van der Waals surface area contributed by atoms with Crippen molar-refractivity contribution in [3.63, 3.8) is 0 Å². The molecule has 1 aromatic carbocycles. The van der Waals surface area contributed by atoms with E-state index in [1.54, 1.807) is 0 Å². The largest absolute Gasteiger partial charge is 0.378 e. The number of nitrogens with zero attached hydrogens (tertiary/aromatic N) is 4. The molecule has 0 bridgehead atoms. The molecule has 3 aromatic rings. The third kappa shape index (κ3) is 6.89. The van der Waals surface area contributed by atoms with E-state index < -0.39 is 5.60 Å². The van der Waals surface area contributed by atoms with Crippen LogP contribution < -0.4 is 16.0 Å². The standard InChI is InChI=1S/C30H38FN7O.2ClH/c1-28(2)10-12-30(39,13-11-28)9-8-19-4-7-22-21(18-19)25(34-26-23(31)24(36-37-26)20-5-6-20)35-27(33-22)38-16-14-29(3,32)15-17-38;;/h4,7,18,20,39H,5-6,10-17,32H2,1-3H3,(H2,33,34,35,36,37);2*1H. The first-order valence-electron chi connectivity index (χ1n) is 14.1. The Morgan fingerprint density at radius 3 is 2.37 bits per heavy atom. The third-order valence-electron chi connectivity index (χ3n) is 8.70. The Labute approximate surface area is 253 Å². The van der Waals surface area contributed by atoms with Gasteiger partial charge in [0.25, 0.3) is 0 Å². The van der Waals surface area contributed by atoms with Crippen LogP contribution >= 0.6 is 24.8 Å². The van der Waals surface area contributed by atoms with E-state index in [1.165, 1.54) is 0 Å². The molecule has 2 saturated carbocycles. The number of nitrogens with two attached hydrogens (primary N) is 1. The van der Waals surface area contributed by atoms with Gasteiger partial charge >= 0.3 is 0 Å². The number of aromatic nitrogens is 4. The predicted molar refractivity (Wildman–Crippen MR) is 166 cm³/mol. The van der Waals surface area contributed by atoms with Gasteiger partial charge in [-0.15, -0.1) is 24.8 Å². The quantitative estimate of drug-likeness (QED) is 0.272. The van der Waals surface area contributed by atoms with Crippen LogP contribution in [0.25, 0.3) is 10.9 Å². The topological polar surface area (TPSA) is 116 Å². The van der Waals surface area contributed by atoms with E-state index in [-0.39, 0.29) is 53.3 Å². The maximum absolute atomic E-state index is 15.2. The summed E-state index contributed by atoms with van der Waals surface area (Å²) in [5.41, 5.74) is 7.44. The van der Waals surface area contributed by atoms with Gasteiger partial charge in [-0.2, -0.15) is 10.1 Å². The summed E-state index contributed by atoms with van der Waals surface area (Å²) in [6.07, 6.45) is 6.84. The zero-order chi connectivity index (χ0) is 27.4. The molecule has 2 aliphatic carbocycles. The fourth-order valence-corrected chi connectivity index (χ4v) is 5.48. The van der Waals surface area contributed by atoms with Crippen molar-refractivity contribution in [2.75, 3.05) is 23.3 Å². The summed E-state index contributed by atoms with van der Waals surface area (Å²) in [5, 5.41) is 22.0. The summed E-state index contributed by atoms with van der Waals surface area (Å²) in [5.74, 6) is 7.36. The number of benzene rings is 1. The minimum absolute atomic E-state index is 0. The van der Waals surface area contributed by atoms with Crippen LogP contribution in [0, 0.1) is 23.1 Å². The third-order valence-corrected chi connectivity index (χ3v) is 8.70. The highest BCUT2D eigenvalue weighted by molar-refractivity contribution is 5.92. The molecule has 3 aliphatic rings. The van der Waals surface area contributed by atoms with E-state index >= 15 is 4.39 Å². The van der Waals surface area contributed by atoms with Crippen molar-refractivity contribution in [3.05, 3.63) is 35.3 Å². The number of rotatable bonds is 4. The first kappa shape index (κ1) is 31.3. The van der Waals surface area contributed by atoms with Gasteiger partial charge in [-0.3, -0.25) is 5.10 Å². The fraction of sp³-hybridized carbons (Fsp3) is 0.567. The number of hydrogen-bond acceptors (Lipinski definition) is 7. The molecule has 222 valence electrons. The lowest BCUT2D eigenvalue weighted by Crippen LogP contribution is -2.48. The number of piperidine rings is 1. The number of aromatic amines is 1. The highest BCUT2D eigenvalue weighted by atomic mass is 35.5. The number of fused-ring (bicyclic) bond motifs is 1. The number of halogens is 3. The molecule has 0 amide bonds. The number of nitrogens with one attached hydrogen (secondary N) is 2. The molecule has 0 atom stereocenters. The van der Waals surface area contributed by atoms with Crippen LogP contribution in [0.1, 0.15) is 89.3 Å². The van der Waals surface area contributed by atoms with Crippen molar-refractivity contribution in [1.29, 1.82) is 0 Å². The molecular formula is C30H40Cl2FN7O. The predicted octanol–water partition coefficient (Wildman–Crippen LogP) is 5.96. The van der Waals surface area contributed by atoms with Crippen LogP contribution in [-0.4, -0.2) is 49.5 Å². The Balaban J connectivity index is 0.00000194. The van der Waals surface area contributed by atoms with Crippen LogP contribution in [0.4, 0.5) is 22.0 Å². The smallest absolute Gasteiger partial charge is 0.227 e. The molecule has 3 fully saturated rings. The lowest BCUT2D eigenvalue weighted by atomic mass is 9.71. The average Bonchev–Trinajstić information content (AvgIpc) is 3.68. The lowest BCUT2D eigenvalue weighted by Gasteiger charge is -2.37. The first-order chi connectivity index (χ1) is 18.5. The maximum Gasteiger partial charge on any atom is 0.227 e. The van der Waals surface area contributed by atoms with E-state index in [0.717, 1.165) is 68.1 Å². The van der Waals surface area contributed by atoms with Crippen molar-refractivity contribution < 1.29 is 9.50 Å². The minimum Gasteiger partial charge on any atom is -0.378 e. The minimum atomic E-state index is -0.977. The van der Waals surface area contributed by atoms with E-state index in [4.69, 9.17) is 15.7 Å². The van der Waals surface area contributed by atoms with Crippen molar-refractivity contribution in [2.24, 2.45) is 11.1 Å². The van der Waals surface area contributed by atoms with Crippen molar-refractivity contribution in [1.82, 2.24) is 20.2 Å². The van der Waals surface area contributed by atoms with E-state index in [9.17, 15) is 5.11 Å². The van der Waals surface area contributed by atoms with Crippen LogP contribution in [-0.2, 0) is 0 Å². The Morgan fingerprint density at radius 1 is 1.02 bits per heavy atom. The molecule has 6 rings (SSSR count). The average molecular weight is 605 g/mol. The number of hydrogen-bond donors (Lipinski definition) is 4. The van der Waals surface area contributed by atoms with E-state index in [0.29, 0.717) is 30.3 Å². The molecule has 8 nitrogen and oxygen atoms in total. The van der Waals surface area contributed by atoms with Gasteiger partial charge in [0.15, 0.2) is 11.6 Å². The van der Waals surface area contributed by atoms with Crippen molar-refractivity contribution >= 4 is 53.3 Å². The lowest BCUT2D eigenvalue weighted by molar-refractivity contribution is 0.0231. The summed E-state index contributed by atoms with van der Waals surface area (Å²) in [4.78, 5) is 11.8. The SMILES string of the molecule is CC1(C)CCC(O)(C#Cc2ccc3nc(N4CCC(C)(N)CC4)nc(Nc4n[nH]c(C5CC5)c4F)c3c2)CC1.Cl.Cl. The van der Waals surface area contributed by atoms with Crippen LogP contribution in [0.5, 0.6) is 0 Å². The number of aliphatic hydroxyl groups is 1. The Hall–Kier alpha value is -2.64. The molecule has 0 radical (unpaired) electrons. The monoisotopic (exact) mass is 603 g/mol. The normalized spacial score (nSPS) is 20.8. The van der Waals surface area contributed by atoms with Gasteiger partial charge in [-0.05, 0) is 81.9 Å². The second kappa shape index (κ2) is 11.6. The maximum atomic E-state index is 15.2.